The molecular weight excluding hydrogens is 414 g/mol. The van der Waals surface area contributed by atoms with Gasteiger partial charge in [-0.05, 0) is 54.8 Å². The lowest BCUT2D eigenvalue weighted by Crippen LogP contribution is -2.36. The quantitative estimate of drug-likeness (QED) is 0.429. The molecule has 2 aromatic carbocycles. The second kappa shape index (κ2) is 16.3. The van der Waals surface area contributed by atoms with Gasteiger partial charge in [0.05, 0.1) is 22.2 Å². The maximum atomic E-state index is 11.2. The summed E-state index contributed by atoms with van der Waals surface area (Å²) in [5, 5.41) is 21.2. The molecule has 8 heteroatoms. The lowest BCUT2D eigenvalue weighted by molar-refractivity contribution is -0.110. The first-order chi connectivity index (χ1) is 15.0. The van der Waals surface area contributed by atoms with Crippen LogP contribution in [0, 0.1) is 22.7 Å². The van der Waals surface area contributed by atoms with Crippen molar-refractivity contribution >= 4 is 29.6 Å². The molecule has 31 heavy (non-hydrogen) atoms. The molecule has 2 rings (SSSR count). The molecule has 0 fully saturated rings. The van der Waals surface area contributed by atoms with Gasteiger partial charge in [-0.1, -0.05) is 39.3 Å². The molecule has 0 aromatic heterocycles. The largest absolute Gasteiger partial charge is 0.385 e. The van der Waals surface area contributed by atoms with Crippen LogP contribution in [0.2, 0.25) is 5.02 Å². The van der Waals surface area contributed by atoms with Crippen molar-refractivity contribution in [3.8, 4) is 12.1 Å². The molecule has 0 bridgehead atoms. The number of hydrogen-bond acceptors (Lipinski definition) is 5. The van der Waals surface area contributed by atoms with Crippen LogP contribution < -0.4 is 16.2 Å². The van der Waals surface area contributed by atoms with Crippen molar-refractivity contribution in [1.82, 2.24) is 10.9 Å². The Bertz CT molecular complexity index is 915. The maximum absolute atomic E-state index is 11.2. The highest BCUT2D eigenvalue weighted by Gasteiger charge is 2.09. The molecule has 0 spiro atoms. The van der Waals surface area contributed by atoms with E-state index in [0.717, 1.165) is 30.6 Å². The number of halogens is 1. The van der Waals surface area contributed by atoms with Crippen molar-refractivity contribution in [3.05, 3.63) is 63.7 Å². The summed E-state index contributed by atoms with van der Waals surface area (Å²) in [6, 6.07) is 13.8. The van der Waals surface area contributed by atoms with Crippen LogP contribution in [-0.4, -0.2) is 18.9 Å². The number of nitrogens with one attached hydrogen (secondary N) is 3. The molecule has 3 N–H and O–H groups in total. The van der Waals surface area contributed by atoms with E-state index < -0.39 is 5.91 Å². The number of hydrogen-bond donors (Lipinski definition) is 3. The van der Waals surface area contributed by atoms with Gasteiger partial charge in [0.2, 0.25) is 6.41 Å². The number of hydrazine groups is 1. The Balaban J connectivity index is 0.000000539. The molecule has 0 aliphatic heterocycles. The van der Waals surface area contributed by atoms with Gasteiger partial charge in [-0.3, -0.25) is 20.4 Å². The van der Waals surface area contributed by atoms with Gasteiger partial charge >= 0.3 is 0 Å². The van der Waals surface area contributed by atoms with Crippen molar-refractivity contribution in [3.63, 3.8) is 0 Å². The Hall–Kier alpha value is -3.55. The highest BCUT2D eigenvalue weighted by Crippen LogP contribution is 2.28. The number of rotatable bonds is 7. The van der Waals surface area contributed by atoms with Gasteiger partial charge in [0, 0.05) is 17.8 Å². The van der Waals surface area contributed by atoms with E-state index in [4.69, 9.17) is 22.1 Å². The third kappa shape index (κ3) is 9.20. The Morgan fingerprint density at radius 1 is 1.06 bits per heavy atom. The van der Waals surface area contributed by atoms with E-state index in [1.54, 1.807) is 6.07 Å². The highest BCUT2D eigenvalue weighted by molar-refractivity contribution is 6.32. The summed E-state index contributed by atoms with van der Waals surface area (Å²) in [4.78, 5) is 21.1. The van der Waals surface area contributed by atoms with Crippen molar-refractivity contribution in [2.24, 2.45) is 0 Å². The van der Waals surface area contributed by atoms with Crippen LogP contribution in [0.5, 0.6) is 0 Å². The van der Waals surface area contributed by atoms with Gasteiger partial charge in [0.15, 0.2) is 0 Å². The van der Waals surface area contributed by atoms with Gasteiger partial charge in [-0.2, -0.15) is 10.5 Å². The Labute approximate surface area is 189 Å². The first-order valence-corrected chi connectivity index (χ1v) is 10.3. The zero-order chi connectivity index (χ0) is 23.6. The molecule has 2 aromatic rings. The van der Waals surface area contributed by atoms with Crippen LogP contribution in [-0.2, 0) is 11.2 Å². The fourth-order valence-electron chi connectivity index (χ4n) is 2.34. The zero-order valence-electron chi connectivity index (χ0n) is 18.3. The summed E-state index contributed by atoms with van der Waals surface area (Å²) in [6.07, 6.45) is 2.27. The molecule has 0 aliphatic carbocycles. The number of anilines is 1. The van der Waals surface area contributed by atoms with E-state index in [1.807, 2.05) is 38.3 Å². The Morgan fingerprint density at radius 3 is 2.19 bits per heavy atom. The van der Waals surface area contributed by atoms with E-state index in [9.17, 15) is 9.59 Å². The number of carbonyl (C=O) groups excluding carboxylic acids is 2. The standard InChI is InChI=1S/C12H15ClN2.C9H7N3O2.C2H6/c1-3-7-15-11-6-5-9(8-14)12(13)10(11)4-2;10-5-7-1-3-8(4-2-7)9(14)12-11-6-13;1-2/h5-6,15H,3-4,7H2,1-2H3;1-4,6H,(H,11,13)(H,12,14);1-2H3. The summed E-state index contributed by atoms with van der Waals surface area (Å²) >= 11 is 6.13. The lowest BCUT2D eigenvalue weighted by Gasteiger charge is -2.12. The fourth-order valence-corrected chi connectivity index (χ4v) is 2.68. The molecule has 0 saturated heterocycles. The highest BCUT2D eigenvalue weighted by atomic mass is 35.5. The Kier molecular flexibility index (Phi) is 14.4. The number of benzene rings is 2. The first kappa shape index (κ1) is 27.5. The second-order valence-electron chi connectivity index (χ2n) is 5.75. The van der Waals surface area contributed by atoms with E-state index in [1.165, 1.54) is 24.3 Å². The number of amides is 2. The molecule has 0 heterocycles. The smallest absolute Gasteiger partial charge is 0.269 e. The number of carbonyl (C=O) groups is 2. The fraction of sp³-hybridized carbons (Fsp3) is 0.304. The second-order valence-corrected chi connectivity index (χ2v) is 6.13. The van der Waals surface area contributed by atoms with Crippen LogP contribution in [0.25, 0.3) is 0 Å². The van der Waals surface area contributed by atoms with Crippen molar-refractivity contribution in [2.75, 3.05) is 11.9 Å². The van der Waals surface area contributed by atoms with Gasteiger partial charge in [-0.25, -0.2) is 0 Å². The third-order valence-electron chi connectivity index (χ3n) is 3.80. The third-order valence-corrected chi connectivity index (χ3v) is 4.24. The molecule has 0 radical (unpaired) electrons. The molecule has 0 saturated carbocycles. The molecule has 0 aliphatic rings. The molecule has 164 valence electrons. The molecule has 0 unspecified atom stereocenters. The summed E-state index contributed by atoms with van der Waals surface area (Å²) in [5.41, 5.74) is 7.65. The monoisotopic (exact) mass is 441 g/mol. The van der Waals surface area contributed by atoms with Gasteiger partial charge in [0.25, 0.3) is 5.91 Å². The topological polar surface area (TPSA) is 118 Å². The van der Waals surface area contributed by atoms with Crippen LogP contribution in [0.4, 0.5) is 5.69 Å². The van der Waals surface area contributed by atoms with E-state index in [2.05, 4.69) is 23.7 Å². The van der Waals surface area contributed by atoms with Gasteiger partial charge in [-0.15, -0.1) is 0 Å². The number of nitrogens with zero attached hydrogens (tertiary/aromatic N) is 2. The van der Waals surface area contributed by atoms with Gasteiger partial charge in [0.1, 0.15) is 6.07 Å². The normalized spacial score (nSPS) is 8.74. The van der Waals surface area contributed by atoms with Crippen molar-refractivity contribution in [1.29, 1.82) is 10.5 Å². The summed E-state index contributed by atoms with van der Waals surface area (Å²) in [7, 11) is 0. The molecule has 2 amide bonds. The van der Waals surface area contributed by atoms with Gasteiger partial charge < -0.3 is 5.32 Å². The molecule has 7 nitrogen and oxygen atoms in total. The number of nitriles is 2. The average Bonchev–Trinajstić information content (AvgIpc) is 2.83. The van der Waals surface area contributed by atoms with Crippen LogP contribution in [0.1, 0.15) is 61.2 Å². The van der Waals surface area contributed by atoms with Crippen LogP contribution in [0.15, 0.2) is 36.4 Å². The van der Waals surface area contributed by atoms with E-state index in [-0.39, 0.29) is 0 Å². The summed E-state index contributed by atoms with van der Waals surface area (Å²) < 4.78 is 0. The van der Waals surface area contributed by atoms with E-state index in [0.29, 0.717) is 28.1 Å². The molecular formula is C23H28ClN5O2. The van der Waals surface area contributed by atoms with E-state index >= 15 is 0 Å². The van der Waals surface area contributed by atoms with Crippen LogP contribution >= 0.6 is 11.6 Å². The predicted octanol–water partition coefficient (Wildman–Crippen LogP) is 4.57. The van der Waals surface area contributed by atoms with Crippen molar-refractivity contribution < 1.29 is 9.59 Å². The maximum Gasteiger partial charge on any atom is 0.269 e. The Morgan fingerprint density at radius 2 is 1.71 bits per heavy atom. The summed E-state index contributed by atoms with van der Waals surface area (Å²) in [6.45, 7) is 9.08. The minimum atomic E-state index is -0.429. The lowest BCUT2D eigenvalue weighted by atomic mass is 10.1. The van der Waals surface area contributed by atoms with Crippen molar-refractivity contribution in [2.45, 2.75) is 40.5 Å². The van der Waals surface area contributed by atoms with Crippen LogP contribution in [0.3, 0.4) is 0 Å². The minimum Gasteiger partial charge on any atom is -0.385 e. The first-order valence-electron chi connectivity index (χ1n) is 9.97. The predicted molar refractivity (Wildman–Crippen MR) is 123 cm³/mol. The SMILES string of the molecule is CC.CCCNc1ccc(C#N)c(Cl)c1CC.N#Cc1ccc(C(=O)NNC=O)cc1. The minimum absolute atomic E-state index is 0.363. The zero-order valence-corrected chi connectivity index (χ0v) is 19.0. The molecule has 0 atom stereocenters. The summed E-state index contributed by atoms with van der Waals surface area (Å²) in [5.74, 6) is -0.429. The average molecular weight is 442 g/mol.